The van der Waals surface area contributed by atoms with Gasteiger partial charge in [-0.2, -0.15) is 0 Å². The Morgan fingerprint density at radius 3 is 2.32 bits per heavy atom. The summed E-state index contributed by atoms with van der Waals surface area (Å²) in [5, 5.41) is 0. The lowest BCUT2D eigenvalue weighted by Crippen LogP contribution is -2.13. The second kappa shape index (κ2) is 5.04. The fraction of sp³-hybridized carbons (Fsp3) is 0.353. The summed E-state index contributed by atoms with van der Waals surface area (Å²) in [5.74, 6) is 0.885. The Hall–Kier alpha value is -1.83. The molecule has 0 N–H and O–H groups in total. The summed E-state index contributed by atoms with van der Waals surface area (Å²) in [5.41, 5.74) is 4.64. The molecule has 0 fully saturated rings. The van der Waals surface area contributed by atoms with Gasteiger partial charge in [-0.1, -0.05) is 39.0 Å². The van der Waals surface area contributed by atoms with E-state index in [9.17, 15) is 0 Å². The van der Waals surface area contributed by atoms with E-state index in [0.29, 0.717) is 0 Å². The number of para-hydroxylation sites is 1. The number of rotatable bonds is 2. The van der Waals surface area contributed by atoms with Crippen molar-refractivity contribution in [3.8, 4) is 16.9 Å². The van der Waals surface area contributed by atoms with E-state index in [2.05, 4.69) is 44.8 Å². The highest BCUT2D eigenvalue weighted by Crippen LogP contribution is 2.33. The van der Waals surface area contributed by atoms with E-state index in [1.165, 1.54) is 5.56 Å². The van der Waals surface area contributed by atoms with Gasteiger partial charge in [0.15, 0.2) is 0 Å². The molecule has 2 nitrogen and oxygen atoms in total. The lowest BCUT2D eigenvalue weighted by atomic mass is 9.89. The molecule has 0 unspecified atom stereocenters. The molecule has 2 aromatic rings. The van der Waals surface area contributed by atoms with E-state index < -0.39 is 0 Å². The molecule has 0 atom stereocenters. The molecule has 0 aliphatic heterocycles. The zero-order chi connectivity index (χ0) is 14.0. The first kappa shape index (κ1) is 13.6. The maximum absolute atomic E-state index is 5.42. The molecule has 0 radical (unpaired) electrons. The summed E-state index contributed by atoms with van der Waals surface area (Å²) in [7, 11) is 1.70. The van der Waals surface area contributed by atoms with Gasteiger partial charge < -0.3 is 4.74 Å². The lowest BCUT2D eigenvalue weighted by molar-refractivity contribution is 0.416. The van der Waals surface area contributed by atoms with Crippen LogP contribution in [-0.2, 0) is 5.41 Å². The smallest absolute Gasteiger partial charge is 0.126 e. The van der Waals surface area contributed by atoms with Gasteiger partial charge in [-0.05, 0) is 24.6 Å². The Morgan fingerprint density at radius 1 is 1.05 bits per heavy atom. The third-order valence-electron chi connectivity index (χ3n) is 3.28. The first-order chi connectivity index (χ1) is 8.93. The van der Waals surface area contributed by atoms with Crippen molar-refractivity contribution in [2.24, 2.45) is 0 Å². The Bertz CT molecular complexity index is 582. The standard InChI is InChI=1S/C17H21NO/c1-12-10-16(17(2,3)4)18-11-14(12)13-8-6-7-9-15(13)19-5/h6-11H,1-5H3. The molecule has 2 rings (SSSR count). The zero-order valence-corrected chi connectivity index (χ0v) is 12.3. The van der Waals surface area contributed by atoms with Crippen molar-refractivity contribution < 1.29 is 4.74 Å². The molecule has 19 heavy (non-hydrogen) atoms. The highest BCUT2D eigenvalue weighted by atomic mass is 16.5. The molecule has 100 valence electrons. The van der Waals surface area contributed by atoms with Crippen molar-refractivity contribution in [2.75, 3.05) is 7.11 Å². The summed E-state index contributed by atoms with van der Waals surface area (Å²) in [4.78, 5) is 4.61. The topological polar surface area (TPSA) is 22.1 Å². The van der Waals surface area contributed by atoms with Gasteiger partial charge in [0.05, 0.1) is 7.11 Å². The van der Waals surface area contributed by atoms with Crippen LogP contribution in [0.2, 0.25) is 0 Å². The summed E-state index contributed by atoms with van der Waals surface area (Å²) >= 11 is 0. The Morgan fingerprint density at radius 2 is 1.74 bits per heavy atom. The van der Waals surface area contributed by atoms with Crippen LogP contribution >= 0.6 is 0 Å². The summed E-state index contributed by atoms with van der Waals surface area (Å²) in [6.07, 6.45) is 1.95. The number of hydrogen-bond donors (Lipinski definition) is 0. The maximum atomic E-state index is 5.42. The monoisotopic (exact) mass is 255 g/mol. The third-order valence-corrected chi connectivity index (χ3v) is 3.28. The van der Waals surface area contributed by atoms with E-state index in [0.717, 1.165) is 22.6 Å². The Kier molecular flexibility index (Phi) is 3.61. The van der Waals surface area contributed by atoms with Crippen LogP contribution in [0.5, 0.6) is 5.75 Å². The number of aromatic nitrogens is 1. The third kappa shape index (κ3) is 2.78. The van der Waals surface area contributed by atoms with E-state index in [4.69, 9.17) is 4.74 Å². The van der Waals surface area contributed by atoms with Gasteiger partial charge in [0, 0.05) is 28.4 Å². The molecule has 0 saturated carbocycles. The zero-order valence-electron chi connectivity index (χ0n) is 12.3. The molecule has 1 aromatic carbocycles. The van der Waals surface area contributed by atoms with E-state index in [1.807, 2.05) is 24.4 Å². The fourth-order valence-corrected chi connectivity index (χ4v) is 2.12. The molecule has 0 aliphatic carbocycles. The van der Waals surface area contributed by atoms with Gasteiger partial charge in [-0.3, -0.25) is 4.98 Å². The summed E-state index contributed by atoms with van der Waals surface area (Å²) < 4.78 is 5.42. The van der Waals surface area contributed by atoms with Crippen LogP contribution in [0, 0.1) is 6.92 Å². The first-order valence-electron chi connectivity index (χ1n) is 6.54. The van der Waals surface area contributed by atoms with Crippen molar-refractivity contribution >= 4 is 0 Å². The van der Waals surface area contributed by atoms with Crippen molar-refractivity contribution in [3.63, 3.8) is 0 Å². The predicted molar refractivity (Wildman–Crippen MR) is 79.7 cm³/mol. The number of pyridine rings is 1. The van der Waals surface area contributed by atoms with Gasteiger partial charge in [-0.15, -0.1) is 0 Å². The van der Waals surface area contributed by atoms with Crippen molar-refractivity contribution in [1.82, 2.24) is 4.98 Å². The fourth-order valence-electron chi connectivity index (χ4n) is 2.12. The molecule has 2 heteroatoms. The molecule has 0 aliphatic rings. The molecule has 0 saturated heterocycles. The van der Waals surface area contributed by atoms with Crippen molar-refractivity contribution in [3.05, 3.63) is 47.8 Å². The predicted octanol–water partition coefficient (Wildman–Crippen LogP) is 4.36. The minimum Gasteiger partial charge on any atom is -0.496 e. The summed E-state index contributed by atoms with van der Waals surface area (Å²) in [6, 6.07) is 10.2. The quantitative estimate of drug-likeness (QED) is 0.795. The van der Waals surface area contributed by atoms with E-state index >= 15 is 0 Å². The average Bonchev–Trinajstić information content (AvgIpc) is 2.37. The first-order valence-corrected chi connectivity index (χ1v) is 6.54. The van der Waals surface area contributed by atoms with Crippen LogP contribution in [0.15, 0.2) is 36.5 Å². The molecular weight excluding hydrogens is 234 g/mol. The highest BCUT2D eigenvalue weighted by molar-refractivity contribution is 5.72. The molecule has 1 heterocycles. The van der Waals surface area contributed by atoms with Crippen LogP contribution in [0.1, 0.15) is 32.0 Å². The minimum absolute atomic E-state index is 0.0735. The summed E-state index contributed by atoms with van der Waals surface area (Å²) in [6.45, 7) is 8.66. The number of methoxy groups -OCH3 is 1. The second-order valence-electron chi connectivity index (χ2n) is 5.83. The van der Waals surface area contributed by atoms with Crippen LogP contribution in [0.3, 0.4) is 0 Å². The highest BCUT2D eigenvalue weighted by Gasteiger charge is 2.17. The molecule has 1 aromatic heterocycles. The number of hydrogen-bond acceptors (Lipinski definition) is 2. The van der Waals surface area contributed by atoms with Crippen molar-refractivity contribution in [1.29, 1.82) is 0 Å². The SMILES string of the molecule is COc1ccccc1-c1cnc(C(C)(C)C)cc1C. The van der Waals surface area contributed by atoms with Crippen molar-refractivity contribution in [2.45, 2.75) is 33.1 Å². The second-order valence-corrected chi connectivity index (χ2v) is 5.83. The van der Waals surface area contributed by atoms with Gasteiger partial charge >= 0.3 is 0 Å². The van der Waals surface area contributed by atoms with Gasteiger partial charge in [-0.25, -0.2) is 0 Å². The largest absolute Gasteiger partial charge is 0.496 e. The number of ether oxygens (including phenoxy) is 1. The average molecular weight is 255 g/mol. The van der Waals surface area contributed by atoms with E-state index in [1.54, 1.807) is 7.11 Å². The van der Waals surface area contributed by atoms with Crippen LogP contribution in [0.4, 0.5) is 0 Å². The van der Waals surface area contributed by atoms with Crippen LogP contribution in [0.25, 0.3) is 11.1 Å². The van der Waals surface area contributed by atoms with E-state index in [-0.39, 0.29) is 5.41 Å². The normalized spacial score (nSPS) is 11.4. The van der Waals surface area contributed by atoms with Gasteiger partial charge in [0.1, 0.15) is 5.75 Å². The number of nitrogens with zero attached hydrogens (tertiary/aromatic N) is 1. The Labute approximate surface area is 115 Å². The number of benzene rings is 1. The lowest BCUT2D eigenvalue weighted by Gasteiger charge is -2.19. The Balaban J connectivity index is 2.53. The molecule has 0 bridgehead atoms. The van der Waals surface area contributed by atoms with Crippen LogP contribution in [-0.4, -0.2) is 12.1 Å². The van der Waals surface area contributed by atoms with Gasteiger partial charge in [0.2, 0.25) is 0 Å². The maximum Gasteiger partial charge on any atom is 0.126 e. The number of aryl methyl sites for hydroxylation is 1. The minimum atomic E-state index is 0.0735. The van der Waals surface area contributed by atoms with Gasteiger partial charge in [0.25, 0.3) is 0 Å². The molecule has 0 spiro atoms. The molecule has 0 amide bonds. The van der Waals surface area contributed by atoms with Crippen LogP contribution < -0.4 is 4.74 Å². The molecular formula is C17H21NO.